The molecule has 2 aliphatic heterocycles. The molecule has 1 fully saturated rings. The number of likely N-dealkylation sites (tertiary alicyclic amines) is 1. The van der Waals surface area contributed by atoms with Crippen molar-refractivity contribution >= 4 is 17.6 Å². The van der Waals surface area contributed by atoms with Crippen LogP contribution in [0.25, 0.3) is 0 Å². The Morgan fingerprint density at radius 2 is 1.97 bits per heavy atom. The second-order valence-corrected chi connectivity index (χ2v) is 8.47. The Hall–Kier alpha value is -3.75. The summed E-state index contributed by atoms with van der Waals surface area (Å²) in [5.74, 6) is 1.94. The summed E-state index contributed by atoms with van der Waals surface area (Å²) in [6.07, 6.45) is 3.58. The summed E-state index contributed by atoms with van der Waals surface area (Å²) in [5.41, 5.74) is 3.18. The standard InChI is InChI=1S/C24H26N6O3/c1-15-18-13-21(31)30(14-16-6-8-17(33-3)9-7-16)23(18)27-22(26-15)19-5-4-12-29(19)24(32)20-10-11-25-28(20)2/h6-11,19H,4-5,12-14H2,1-3H3. The molecule has 33 heavy (non-hydrogen) atoms. The third kappa shape index (κ3) is 3.73. The Kier molecular flexibility index (Phi) is 5.32. The van der Waals surface area contributed by atoms with Crippen LogP contribution < -0.4 is 9.64 Å². The Labute approximate surface area is 192 Å². The lowest BCUT2D eigenvalue weighted by molar-refractivity contribution is -0.117. The molecule has 9 nitrogen and oxygen atoms in total. The zero-order chi connectivity index (χ0) is 23.1. The van der Waals surface area contributed by atoms with Crippen molar-refractivity contribution in [2.24, 2.45) is 7.05 Å². The monoisotopic (exact) mass is 446 g/mol. The van der Waals surface area contributed by atoms with Crippen LogP contribution in [0.15, 0.2) is 36.5 Å². The first kappa shape index (κ1) is 21.1. The van der Waals surface area contributed by atoms with Gasteiger partial charge in [0.15, 0.2) is 5.82 Å². The van der Waals surface area contributed by atoms with Gasteiger partial charge in [0.2, 0.25) is 5.91 Å². The minimum Gasteiger partial charge on any atom is -0.497 e. The molecular formula is C24H26N6O3. The number of hydrogen-bond acceptors (Lipinski definition) is 6. The van der Waals surface area contributed by atoms with Crippen LogP contribution in [0.5, 0.6) is 5.75 Å². The fraction of sp³-hybridized carbons (Fsp3) is 0.375. The predicted molar refractivity (Wildman–Crippen MR) is 121 cm³/mol. The minimum absolute atomic E-state index is 0.00427. The highest BCUT2D eigenvalue weighted by Gasteiger charge is 2.37. The van der Waals surface area contributed by atoms with Crippen LogP contribution in [0.1, 0.15) is 52.0 Å². The number of amides is 2. The molecule has 3 aromatic rings. The van der Waals surface area contributed by atoms with Gasteiger partial charge < -0.3 is 9.64 Å². The molecule has 4 heterocycles. The lowest BCUT2D eigenvalue weighted by Gasteiger charge is -2.25. The van der Waals surface area contributed by atoms with E-state index < -0.39 is 0 Å². The summed E-state index contributed by atoms with van der Waals surface area (Å²) in [6, 6.07) is 9.16. The van der Waals surface area contributed by atoms with Crippen molar-refractivity contribution in [2.75, 3.05) is 18.6 Å². The second-order valence-electron chi connectivity index (χ2n) is 8.47. The fourth-order valence-electron chi connectivity index (χ4n) is 4.63. The average molecular weight is 447 g/mol. The van der Waals surface area contributed by atoms with E-state index in [1.165, 1.54) is 0 Å². The Morgan fingerprint density at radius 1 is 1.18 bits per heavy atom. The van der Waals surface area contributed by atoms with E-state index in [1.54, 1.807) is 36.0 Å². The van der Waals surface area contributed by atoms with Gasteiger partial charge in [0.05, 0.1) is 26.1 Å². The van der Waals surface area contributed by atoms with Gasteiger partial charge in [0.1, 0.15) is 17.3 Å². The SMILES string of the molecule is COc1ccc(CN2C(=O)Cc3c(C)nc(C4CCCN4C(=O)c4ccnn4C)nc32)cc1. The van der Waals surface area contributed by atoms with E-state index in [4.69, 9.17) is 14.7 Å². The number of fused-ring (bicyclic) bond motifs is 1. The molecule has 1 unspecified atom stereocenters. The molecule has 0 N–H and O–H groups in total. The molecule has 1 atom stereocenters. The van der Waals surface area contributed by atoms with E-state index in [1.807, 2.05) is 36.1 Å². The number of ether oxygens (including phenoxy) is 1. The van der Waals surface area contributed by atoms with Gasteiger partial charge in [-0.1, -0.05) is 12.1 Å². The molecule has 0 radical (unpaired) electrons. The molecule has 0 spiro atoms. The summed E-state index contributed by atoms with van der Waals surface area (Å²) in [6.45, 7) is 2.98. The Bertz CT molecular complexity index is 1220. The number of hydrogen-bond donors (Lipinski definition) is 0. The van der Waals surface area contributed by atoms with Gasteiger partial charge in [0.25, 0.3) is 5.91 Å². The number of aryl methyl sites for hydroxylation is 2. The second kappa shape index (κ2) is 8.31. The molecule has 2 aliphatic rings. The van der Waals surface area contributed by atoms with E-state index in [2.05, 4.69) is 5.10 Å². The smallest absolute Gasteiger partial charge is 0.272 e. The van der Waals surface area contributed by atoms with Crippen molar-refractivity contribution in [3.63, 3.8) is 0 Å². The van der Waals surface area contributed by atoms with Gasteiger partial charge in [-0.05, 0) is 43.5 Å². The average Bonchev–Trinajstić information content (AvgIpc) is 3.54. The first-order valence-electron chi connectivity index (χ1n) is 11.1. The molecule has 9 heteroatoms. The summed E-state index contributed by atoms with van der Waals surface area (Å²) in [5, 5.41) is 4.12. The van der Waals surface area contributed by atoms with Gasteiger partial charge in [-0.25, -0.2) is 9.97 Å². The normalized spacial score (nSPS) is 17.5. The number of aromatic nitrogens is 4. The highest BCUT2D eigenvalue weighted by atomic mass is 16.5. The van der Waals surface area contributed by atoms with Crippen LogP contribution in [-0.2, 0) is 24.8 Å². The van der Waals surface area contributed by atoms with Gasteiger partial charge in [-0.3, -0.25) is 19.2 Å². The first-order valence-corrected chi connectivity index (χ1v) is 11.1. The fourth-order valence-corrected chi connectivity index (χ4v) is 4.63. The van der Waals surface area contributed by atoms with E-state index in [9.17, 15) is 9.59 Å². The van der Waals surface area contributed by atoms with Crippen LogP contribution >= 0.6 is 0 Å². The van der Waals surface area contributed by atoms with Crippen LogP contribution in [-0.4, -0.2) is 50.1 Å². The maximum atomic E-state index is 13.2. The summed E-state index contributed by atoms with van der Waals surface area (Å²) < 4.78 is 6.81. The topological polar surface area (TPSA) is 93.5 Å². The van der Waals surface area contributed by atoms with Crippen molar-refractivity contribution in [1.29, 1.82) is 0 Å². The molecule has 2 amide bonds. The van der Waals surface area contributed by atoms with Crippen molar-refractivity contribution < 1.29 is 14.3 Å². The van der Waals surface area contributed by atoms with Gasteiger partial charge in [-0.15, -0.1) is 0 Å². The lowest BCUT2D eigenvalue weighted by atomic mass is 10.1. The van der Waals surface area contributed by atoms with Crippen LogP contribution in [0.2, 0.25) is 0 Å². The summed E-state index contributed by atoms with van der Waals surface area (Å²) >= 11 is 0. The maximum Gasteiger partial charge on any atom is 0.272 e. The van der Waals surface area contributed by atoms with E-state index in [0.717, 1.165) is 35.4 Å². The molecule has 0 aliphatic carbocycles. The van der Waals surface area contributed by atoms with Crippen molar-refractivity contribution in [3.05, 3.63) is 64.9 Å². The van der Waals surface area contributed by atoms with Crippen LogP contribution in [0.3, 0.4) is 0 Å². The summed E-state index contributed by atoms with van der Waals surface area (Å²) in [4.78, 5) is 39.2. The lowest BCUT2D eigenvalue weighted by Crippen LogP contribution is -2.33. The minimum atomic E-state index is -0.227. The predicted octanol–water partition coefficient (Wildman–Crippen LogP) is 2.59. The van der Waals surface area contributed by atoms with Gasteiger partial charge >= 0.3 is 0 Å². The van der Waals surface area contributed by atoms with Crippen molar-refractivity contribution in [3.8, 4) is 5.75 Å². The van der Waals surface area contributed by atoms with Gasteiger partial charge in [-0.2, -0.15) is 5.10 Å². The van der Waals surface area contributed by atoms with E-state index in [-0.39, 0.29) is 17.9 Å². The number of benzene rings is 1. The van der Waals surface area contributed by atoms with Crippen LogP contribution in [0, 0.1) is 6.92 Å². The first-order chi connectivity index (χ1) is 16.0. The highest BCUT2D eigenvalue weighted by Crippen LogP contribution is 2.36. The quantitative estimate of drug-likeness (QED) is 0.598. The number of rotatable bonds is 5. The third-order valence-corrected chi connectivity index (χ3v) is 6.45. The van der Waals surface area contributed by atoms with Crippen molar-refractivity contribution in [1.82, 2.24) is 24.6 Å². The molecule has 0 bridgehead atoms. The zero-order valence-corrected chi connectivity index (χ0v) is 19.0. The van der Waals surface area contributed by atoms with Gasteiger partial charge in [0, 0.05) is 31.0 Å². The highest BCUT2D eigenvalue weighted by molar-refractivity contribution is 6.00. The molecule has 5 rings (SSSR count). The van der Waals surface area contributed by atoms with Crippen LogP contribution in [0.4, 0.5) is 5.82 Å². The Morgan fingerprint density at radius 3 is 2.67 bits per heavy atom. The van der Waals surface area contributed by atoms with E-state index >= 15 is 0 Å². The maximum absolute atomic E-state index is 13.2. The molecule has 1 aromatic carbocycles. The number of anilines is 1. The molecule has 170 valence electrons. The van der Waals surface area contributed by atoms with Crippen molar-refractivity contribution in [2.45, 2.75) is 38.8 Å². The third-order valence-electron chi connectivity index (χ3n) is 6.45. The Balaban J connectivity index is 1.46. The largest absolute Gasteiger partial charge is 0.497 e. The molecule has 2 aromatic heterocycles. The van der Waals surface area contributed by atoms with E-state index in [0.29, 0.717) is 36.8 Å². The number of carbonyl (C=O) groups excluding carboxylic acids is 2. The molecule has 1 saturated heterocycles. The number of nitrogens with zero attached hydrogens (tertiary/aromatic N) is 6. The number of carbonyl (C=O) groups is 2. The molecular weight excluding hydrogens is 420 g/mol. The molecule has 0 saturated carbocycles. The number of methoxy groups -OCH3 is 1. The summed E-state index contributed by atoms with van der Waals surface area (Å²) in [7, 11) is 3.39. The zero-order valence-electron chi connectivity index (χ0n) is 19.0.